The summed E-state index contributed by atoms with van der Waals surface area (Å²) in [7, 11) is 1.81. The molecular weight excluding hydrogens is 274 g/mol. The highest BCUT2D eigenvalue weighted by molar-refractivity contribution is 9.10. The van der Waals surface area contributed by atoms with Gasteiger partial charge in [0.1, 0.15) is 5.69 Å². The number of aryl methyl sites for hydroxylation is 2. The normalized spacial score (nSPS) is 10.7. The lowest BCUT2D eigenvalue weighted by atomic mass is 10.2. The van der Waals surface area contributed by atoms with Crippen molar-refractivity contribution in [3.63, 3.8) is 0 Å². The predicted octanol–water partition coefficient (Wildman–Crippen LogP) is 1.03. The second-order valence-electron chi connectivity index (χ2n) is 3.42. The molecule has 0 aliphatic carbocycles. The van der Waals surface area contributed by atoms with Crippen LogP contribution in [0.3, 0.4) is 0 Å². The van der Waals surface area contributed by atoms with Crippen LogP contribution in [-0.2, 0) is 13.5 Å². The Balaban J connectivity index is 2.25. The number of H-pyrrole nitrogens is 1. The van der Waals surface area contributed by atoms with E-state index in [0.717, 1.165) is 15.9 Å². The number of nitrogens with zero attached hydrogens (tertiary/aromatic N) is 4. The molecule has 0 unspecified atom stereocenters. The Hall–Kier alpha value is -1.50. The van der Waals surface area contributed by atoms with Crippen LogP contribution in [-0.4, -0.2) is 31.0 Å². The Morgan fingerprint density at radius 2 is 2.38 bits per heavy atom. The summed E-state index contributed by atoms with van der Waals surface area (Å²) in [5, 5.41) is 14.0. The molecule has 0 aromatic carbocycles. The Labute approximate surface area is 100 Å². The molecule has 16 heavy (non-hydrogen) atoms. The van der Waals surface area contributed by atoms with Gasteiger partial charge in [-0.15, -0.1) is 0 Å². The molecule has 0 saturated heterocycles. The molecule has 1 N–H and O–H groups in total. The highest BCUT2D eigenvalue weighted by Crippen LogP contribution is 2.21. The van der Waals surface area contributed by atoms with Crippen molar-refractivity contribution in [3.05, 3.63) is 27.8 Å². The molecule has 84 valence electrons. The van der Waals surface area contributed by atoms with E-state index in [9.17, 15) is 4.79 Å². The lowest BCUT2D eigenvalue weighted by Crippen LogP contribution is -2.08. The Morgan fingerprint density at radius 3 is 2.88 bits per heavy atom. The van der Waals surface area contributed by atoms with Crippen LogP contribution in [0.25, 0.3) is 0 Å². The van der Waals surface area contributed by atoms with Crippen molar-refractivity contribution in [1.29, 1.82) is 0 Å². The standard InChI is InChI=1S/C9H10BrN5O/c1-5-9(10)7(15(2)13-5)3-8(16)6-4-11-14-12-6/h4H,3H2,1-2H3,(H,11,12,14). The number of aromatic amines is 1. The maximum atomic E-state index is 11.8. The zero-order chi connectivity index (χ0) is 11.7. The first-order valence-corrected chi connectivity index (χ1v) is 5.46. The van der Waals surface area contributed by atoms with E-state index in [-0.39, 0.29) is 12.2 Å². The van der Waals surface area contributed by atoms with Crippen molar-refractivity contribution < 1.29 is 4.79 Å². The Bertz CT molecular complexity index is 516. The smallest absolute Gasteiger partial charge is 0.190 e. The molecule has 7 heteroatoms. The first-order chi connectivity index (χ1) is 7.59. The van der Waals surface area contributed by atoms with Crippen LogP contribution in [0.5, 0.6) is 0 Å². The van der Waals surface area contributed by atoms with Crippen LogP contribution >= 0.6 is 15.9 Å². The SMILES string of the molecule is Cc1nn(C)c(CC(=O)c2cn[nH]n2)c1Br. The van der Waals surface area contributed by atoms with Crippen LogP contribution in [0, 0.1) is 6.92 Å². The molecule has 0 aliphatic rings. The number of halogens is 1. The van der Waals surface area contributed by atoms with Crippen molar-refractivity contribution in [2.75, 3.05) is 0 Å². The number of hydrogen-bond donors (Lipinski definition) is 1. The van der Waals surface area contributed by atoms with Crippen LogP contribution in [0.15, 0.2) is 10.7 Å². The van der Waals surface area contributed by atoms with Gasteiger partial charge in [0.2, 0.25) is 0 Å². The number of Topliss-reactive ketones (excluding diaryl/α,β-unsaturated/α-hetero) is 1. The minimum atomic E-state index is -0.0857. The number of hydrogen-bond acceptors (Lipinski definition) is 4. The van der Waals surface area contributed by atoms with Crippen LogP contribution < -0.4 is 0 Å². The fourth-order valence-electron chi connectivity index (χ4n) is 1.45. The number of aromatic nitrogens is 5. The number of nitrogens with one attached hydrogen (secondary N) is 1. The number of carbonyl (C=O) groups is 1. The summed E-state index contributed by atoms with van der Waals surface area (Å²) in [5.74, 6) is -0.0857. The Kier molecular flexibility index (Phi) is 2.86. The third kappa shape index (κ3) is 1.90. The molecule has 0 spiro atoms. The summed E-state index contributed by atoms with van der Waals surface area (Å²) in [6.07, 6.45) is 1.67. The van der Waals surface area contributed by atoms with Gasteiger partial charge in [-0.2, -0.15) is 20.5 Å². The molecule has 0 saturated carbocycles. The lowest BCUT2D eigenvalue weighted by Gasteiger charge is -1.99. The van der Waals surface area contributed by atoms with E-state index in [0.29, 0.717) is 5.69 Å². The van der Waals surface area contributed by atoms with E-state index in [1.54, 1.807) is 4.68 Å². The molecule has 0 bridgehead atoms. The van der Waals surface area contributed by atoms with Gasteiger partial charge in [0.05, 0.1) is 28.5 Å². The molecular formula is C9H10BrN5O. The van der Waals surface area contributed by atoms with Crippen molar-refractivity contribution >= 4 is 21.7 Å². The van der Waals surface area contributed by atoms with Crippen molar-refractivity contribution in [3.8, 4) is 0 Å². The van der Waals surface area contributed by atoms with E-state index < -0.39 is 0 Å². The summed E-state index contributed by atoms with van der Waals surface area (Å²) in [6.45, 7) is 1.88. The third-order valence-electron chi connectivity index (χ3n) is 2.29. The molecule has 0 aliphatic heterocycles. The highest BCUT2D eigenvalue weighted by Gasteiger charge is 2.16. The third-order valence-corrected chi connectivity index (χ3v) is 3.32. The summed E-state index contributed by atoms with van der Waals surface area (Å²) < 4.78 is 2.56. The first-order valence-electron chi connectivity index (χ1n) is 4.66. The van der Waals surface area contributed by atoms with Gasteiger partial charge in [-0.1, -0.05) is 0 Å². The van der Waals surface area contributed by atoms with Gasteiger partial charge in [0, 0.05) is 7.05 Å². The van der Waals surface area contributed by atoms with E-state index in [1.807, 2.05) is 14.0 Å². The molecule has 2 rings (SSSR count). The molecule has 2 aromatic rings. The minimum Gasteiger partial charge on any atom is -0.292 e. The van der Waals surface area contributed by atoms with Crippen LogP contribution in [0.2, 0.25) is 0 Å². The van der Waals surface area contributed by atoms with Gasteiger partial charge < -0.3 is 0 Å². The molecule has 0 atom stereocenters. The van der Waals surface area contributed by atoms with Crippen molar-refractivity contribution in [2.24, 2.45) is 7.05 Å². The van der Waals surface area contributed by atoms with Gasteiger partial charge >= 0.3 is 0 Å². The molecule has 2 heterocycles. The number of rotatable bonds is 3. The monoisotopic (exact) mass is 283 g/mol. The molecule has 0 amide bonds. The van der Waals surface area contributed by atoms with Crippen molar-refractivity contribution in [2.45, 2.75) is 13.3 Å². The fraction of sp³-hybridized carbons (Fsp3) is 0.333. The van der Waals surface area contributed by atoms with Crippen molar-refractivity contribution in [1.82, 2.24) is 25.2 Å². The van der Waals surface area contributed by atoms with E-state index in [4.69, 9.17) is 0 Å². The minimum absolute atomic E-state index is 0.0857. The molecule has 2 aromatic heterocycles. The lowest BCUT2D eigenvalue weighted by molar-refractivity contribution is 0.0985. The highest BCUT2D eigenvalue weighted by atomic mass is 79.9. The second kappa shape index (κ2) is 4.17. The Morgan fingerprint density at radius 1 is 1.62 bits per heavy atom. The maximum absolute atomic E-state index is 11.8. The summed E-state index contributed by atoms with van der Waals surface area (Å²) >= 11 is 3.41. The average Bonchev–Trinajstić information content (AvgIpc) is 2.83. The summed E-state index contributed by atoms with van der Waals surface area (Å²) in [4.78, 5) is 11.8. The molecule has 0 fully saturated rings. The van der Waals surface area contributed by atoms with E-state index in [2.05, 4.69) is 36.4 Å². The largest absolute Gasteiger partial charge is 0.292 e. The van der Waals surface area contributed by atoms with Gasteiger partial charge in [0.15, 0.2) is 5.78 Å². The van der Waals surface area contributed by atoms with E-state index in [1.165, 1.54) is 6.20 Å². The molecule has 6 nitrogen and oxygen atoms in total. The second-order valence-corrected chi connectivity index (χ2v) is 4.22. The quantitative estimate of drug-likeness (QED) is 0.854. The van der Waals surface area contributed by atoms with Gasteiger partial charge in [-0.05, 0) is 22.9 Å². The van der Waals surface area contributed by atoms with Crippen LogP contribution in [0.1, 0.15) is 21.9 Å². The summed E-state index contributed by atoms with van der Waals surface area (Å²) in [5.41, 5.74) is 2.04. The average molecular weight is 284 g/mol. The summed E-state index contributed by atoms with van der Waals surface area (Å²) in [6, 6.07) is 0. The maximum Gasteiger partial charge on any atom is 0.190 e. The van der Waals surface area contributed by atoms with Gasteiger partial charge in [0.25, 0.3) is 0 Å². The zero-order valence-electron chi connectivity index (χ0n) is 8.86. The predicted molar refractivity (Wildman–Crippen MR) is 60.1 cm³/mol. The number of carbonyl (C=O) groups excluding carboxylic acids is 1. The zero-order valence-corrected chi connectivity index (χ0v) is 10.4. The van der Waals surface area contributed by atoms with Gasteiger partial charge in [-0.3, -0.25) is 9.48 Å². The molecule has 0 radical (unpaired) electrons. The van der Waals surface area contributed by atoms with E-state index >= 15 is 0 Å². The van der Waals surface area contributed by atoms with Gasteiger partial charge in [-0.25, -0.2) is 0 Å². The number of ketones is 1. The van der Waals surface area contributed by atoms with Crippen LogP contribution in [0.4, 0.5) is 0 Å². The first kappa shape index (κ1) is 11.0. The topological polar surface area (TPSA) is 76.5 Å². The fourth-order valence-corrected chi connectivity index (χ4v) is 1.93.